The maximum Gasteiger partial charge on any atom is 0.326 e. The van der Waals surface area contributed by atoms with E-state index < -0.39 is 35.6 Å². The number of hydrogen-bond acceptors (Lipinski definition) is 2. The fourth-order valence-corrected chi connectivity index (χ4v) is 1.72. The molecule has 0 radical (unpaired) electrons. The summed E-state index contributed by atoms with van der Waals surface area (Å²) >= 11 is 0. The summed E-state index contributed by atoms with van der Waals surface area (Å²) in [6.45, 7) is 1.19. The van der Waals surface area contributed by atoms with Gasteiger partial charge in [-0.05, 0) is 6.54 Å². The lowest BCUT2D eigenvalue weighted by Crippen LogP contribution is -2.43. The Morgan fingerprint density at radius 1 is 1.20 bits per heavy atom. The molecule has 0 saturated carbocycles. The number of methoxy groups -OCH3 is 1. The molecule has 1 aromatic carbocycles. The van der Waals surface area contributed by atoms with Crippen LogP contribution in [0.4, 0.5) is 26.3 Å². The molecule has 1 unspecified atom stereocenters. The first-order valence-electron chi connectivity index (χ1n) is 5.67. The summed E-state index contributed by atoms with van der Waals surface area (Å²) in [6, 6.07) is -1.16. The van der Waals surface area contributed by atoms with Crippen molar-refractivity contribution >= 4 is 0 Å². The molecule has 114 valence electrons. The Balaban J connectivity index is 3.36. The minimum Gasteiger partial charge on any atom is -0.497 e. The van der Waals surface area contributed by atoms with Crippen LogP contribution in [-0.2, 0) is 0 Å². The molecule has 0 bridgehead atoms. The predicted octanol–water partition coefficient (Wildman–Crippen LogP) is 3.52. The molecule has 20 heavy (non-hydrogen) atoms. The first kappa shape index (κ1) is 16.6. The number of hydrogen-bond donors (Lipinski definition) is 1. The van der Waals surface area contributed by atoms with Crippen molar-refractivity contribution in [2.45, 2.75) is 25.3 Å². The van der Waals surface area contributed by atoms with Crippen molar-refractivity contribution in [2.75, 3.05) is 13.7 Å². The number of rotatable bonds is 6. The second kappa shape index (κ2) is 6.34. The summed E-state index contributed by atoms with van der Waals surface area (Å²) in [5.41, 5.74) is -1.14. The van der Waals surface area contributed by atoms with Crippen molar-refractivity contribution in [1.29, 1.82) is 0 Å². The van der Waals surface area contributed by atoms with E-state index in [-0.39, 0.29) is 12.3 Å². The van der Waals surface area contributed by atoms with Crippen molar-refractivity contribution < 1.29 is 31.1 Å². The Morgan fingerprint density at radius 2 is 1.70 bits per heavy atom. The van der Waals surface area contributed by atoms with Gasteiger partial charge in [0, 0.05) is 17.7 Å². The largest absolute Gasteiger partial charge is 0.497 e. The zero-order valence-corrected chi connectivity index (χ0v) is 10.7. The van der Waals surface area contributed by atoms with Gasteiger partial charge in [-0.25, -0.2) is 17.6 Å². The molecule has 2 nitrogen and oxygen atoms in total. The van der Waals surface area contributed by atoms with Gasteiger partial charge in [0.2, 0.25) is 0 Å². The van der Waals surface area contributed by atoms with E-state index in [1.165, 1.54) is 6.92 Å². The molecule has 0 heterocycles. The zero-order chi connectivity index (χ0) is 15.5. The smallest absolute Gasteiger partial charge is 0.326 e. The summed E-state index contributed by atoms with van der Waals surface area (Å²) in [6.07, 6.45) is -4.06. The number of halogens is 6. The normalized spacial score (nSPS) is 13.7. The SMILES string of the molecule is CCNC(c1c(F)cc(OC)cc1F)C(F)(F)C(F)F. The third kappa shape index (κ3) is 3.17. The number of nitrogens with one attached hydrogen (secondary N) is 1. The maximum atomic E-state index is 13.7. The Morgan fingerprint density at radius 3 is 2.05 bits per heavy atom. The number of ether oxygens (including phenoxy) is 1. The highest BCUT2D eigenvalue weighted by Gasteiger charge is 2.51. The third-order valence-electron chi connectivity index (χ3n) is 2.66. The van der Waals surface area contributed by atoms with Gasteiger partial charge in [0.25, 0.3) is 0 Å². The van der Waals surface area contributed by atoms with E-state index in [9.17, 15) is 26.3 Å². The van der Waals surface area contributed by atoms with E-state index in [1.54, 1.807) is 0 Å². The average molecular weight is 301 g/mol. The molecular formula is C12H13F6NO. The van der Waals surface area contributed by atoms with E-state index in [0.717, 1.165) is 7.11 Å². The summed E-state index contributed by atoms with van der Waals surface area (Å²) < 4.78 is 83.8. The van der Waals surface area contributed by atoms with Gasteiger partial charge in [-0.1, -0.05) is 6.92 Å². The van der Waals surface area contributed by atoms with Crippen LogP contribution >= 0.6 is 0 Å². The van der Waals surface area contributed by atoms with E-state index in [4.69, 9.17) is 0 Å². The molecule has 0 fully saturated rings. The van der Waals surface area contributed by atoms with Gasteiger partial charge in [-0.2, -0.15) is 8.78 Å². The van der Waals surface area contributed by atoms with Gasteiger partial charge in [-0.15, -0.1) is 0 Å². The standard InChI is InChI=1S/C12H13F6NO/c1-3-19-10(12(17,18)11(15)16)9-7(13)4-6(20-2)5-8(9)14/h4-5,10-11,19H,3H2,1-2H3. The average Bonchev–Trinajstić information content (AvgIpc) is 2.36. The topological polar surface area (TPSA) is 21.3 Å². The highest BCUT2D eigenvalue weighted by atomic mass is 19.3. The molecule has 0 amide bonds. The molecule has 0 aromatic heterocycles. The molecule has 1 atom stereocenters. The second-order valence-electron chi connectivity index (χ2n) is 3.97. The lowest BCUT2D eigenvalue weighted by molar-refractivity contribution is -0.152. The maximum absolute atomic E-state index is 13.7. The van der Waals surface area contributed by atoms with Crippen LogP contribution in [0.1, 0.15) is 18.5 Å². The lowest BCUT2D eigenvalue weighted by atomic mass is 9.99. The quantitative estimate of drug-likeness (QED) is 0.812. The number of alkyl halides is 4. The fraction of sp³-hybridized carbons (Fsp3) is 0.500. The summed E-state index contributed by atoms with van der Waals surface area (Å²) in [4.78, 5) is 0. The van der Waals surface area contributed by atoms with E-state index in [1.807, 2.05) is 5.32 Å². The van der Waals surface area contributed by atoms with Gasteiger partial charge in [0.1, 0.15) is 23.4 Å². The van der Waals surface area contributed by atoms with Gasteiger partial charge in [0.05, 0.1) is 7.11 Å². The summed E-state index contributed by atoms with van der Waals surface area (Å²) in [5, 5.41) is 1.99. The van der Waals surface area contributed by atoms with E-state index >= 15 is 0 Å². The molecule has 1 aromatic rings. The zero-order valence-electron chi connectivity index (χ0n) is 10.7. The fourth-order valence-electron chi connectivity index (χ4n) is 1.72. The van der Waals surface area contributed by atoms with Crippen LogP contribution < -0.4 is 10.1 Å². The Hall–Kier alpha value is -1.44. The van der Waals surface area contributed by atoms with Crippen molar-refractivity contribution in [1.82, 2.24) is 5.32 Å². The molecule has 0 spiro atoms. The Kier molecular flexibility index (Phi) is 5.27. The molecule has 0 aliphatic heterocycles. The Bertz CT molecular complexity index is 442. The summed E-state index contributed by atoms with van der Waals surface area (Å²) in [5.74, 6) is -7.62. The summed E-state index contributed by atoms with van der Waals surface area (Å²) in [7, 11) is 1.13. The second-order valence-corrected chi connectivity index (χ2v) is 3.97. The Labute approximate surface area is 111 Å². The minimum atomic E-state index is -4.62. The minimum absolute atomic E-state index is 0.169. The molecule has 1 rings (SSSR count). The van der Waals surface area contributed by atoms with E-state index in [2.05, 4.69) is 4.74 Å². The first-order valence-corrected chi connectivity index (χ1v) is 5.67. The van der Waals surface area contributed by atoms with Crippen molar-refractivity contribution in [3.05, 3.63) is 29.3 Å². The van der Waals surface area contributed by atoms with Gasteiger partial charge in [0.15, 0.2) is 0 Å². The van der Waals surface area contributed by atoms with Crippen molar-refractivity contribution in [2.24, 2.45) is 0 Å². The molecule has 8 heteroatoms. The third-order valence-corrected chi connectivity index (χ3v) is 2.66. The number of benzene rings is 1. The van der Waals surface area contributed by atoms with Gasteiger partial charge < -0.3 is 10.1 Å². The van der Waals surface area contributed by atoms with Crippen LogP contribution in [-0.4, -0.2) is 26.0 Å². The monoisotopic (exact) mass is 301 g/mol. The molecular weight excluding hydrogens is 288 g/mol. The molecule has 1 N–H and O–H groups in total. The highest BCUT2D eigenvalue weighted by Crippen LogP contribution is 2.39. The van der Waals surface area contributed by atoms with Crippen molar-refractivity contribution in [3.8, 4) is 5.75 Å². The lowest BCUT2D eigenvalue weighted by Gasteiger charge is -2.28. The van der Waals surface area contributed by atoms with Crippen LogP contribution in [0.15, 0.2) is 12.1 Å². The van der Waals surface area contributed by atoms with E-state index in [0.29, 0.717) is 12.1 Å². The van der Waals surface area contributed by atoms with Crippen LogP contribution in [0.25, 0.3) is 0 Å². The van der Waals surface area contributed by atoms with Gasteiger partial charge in [-0.3, -0.25) is 0 Å². The molecule has 0 aliphatic rings. The van der Waals surface area contributed by atoms with Crippen LogP contribution in [0.3, 0.4) is 0 Å². The first-order chi connectivity index (χ1) is 9.25. The van der Waals surface area contributed by atoms with Crippen molar-refractivity contribution in [3.63, 3.8) is 0 Å². The van der Waals surface area contributed by atoms with Crippen LogP contribution in [0, 0.1) is 11.6 Å². The predicted molar refractivity (Wildman–Crippen MR) is 60.3 cm³/mol. The van der Waals surface area contributed by atoms with Gasteiger partial charge >= 0.3 is 12.3 Å². The highest BCUT2D eigenvalue weighted by molar-refractivity contribution is 5.33. The molecule has 0 saturated heterocycles. The van der Waals surface area contributed by atoms with Crippen LogP contribution in [0.2, 0.25) is 0 Å². The van der Waals surface area contributed by atoms with Crippen LogP contribution in [0.5, 0.6) is 5.75 Å². The molecule has 0 aliphatic carbocycles.